The lowest BCUT2D eigenvalue weighted by Gasteiger charge is -2.11. The van der Waals surface area contributed by atoms with Gasteiger partial charge in [-0.3, -0.25) is 4.99 Å². The molecule has 0 atom stereocenters. The molecule has 0 aliphatic rings. The van der Waals surface area contributed by atoms with Crippen LogP contribution in [0.15, 0.2) is 64.5 Å². The highest BCUT2D eigenvalue weighted by molar-refractivity contribution is 14.0. The summed E-state index contributed by atoms with van der Waals surface area (Å²) in [7, 11) is -3.14. The fourth-order valence-electron chi connectivity index (χ4n) is 2.69. The molecule has 28 heavy (non-hydrogen) atoms. The normalized spacial score (nSPS) is 11.6. The molecule has 154 valence electrons. The van der Waals surface area contributed by atoms with Gasteiger partial charge in [-0.2, -0.15) is 0 Å². The molecule has 2 rings (SSSR count). The average molecular weight is 515 g/mol. The number of rotatable bonds is 9. The van der Waals surface area contributed by atoms with E-state index < -0.39 is 9.84 Å². The summed E-state index contributed by atoms with van der Waals surface area (Å²) in [4.78, 5) is 4.98. The Morgan fingerprint density at radius 1 is 0.929 bits per heavy atom. The summed E-state index contributed by atoms with van der Waals surface area (Å²) >= 11 is 0. The Balaban J connectivity index is 0.00000392. The Bertz CT molecular complexity index is 822. The molecule has 7 heteroatoms. The highest BCUT2D eigenvalue weighted by atomic mass is 127. The average Bonchev–Trinajstić information content (AvgIpc) is 2.66. The fourth-order valence-corrected chi connectivity index (χ4v) is 3.32. The first kappa shape index (κ1) is 24.4. The van der Waals surface area contributed by atoms with Crippen LogP contribution in [0, 0.1) is 0 Å². The van der Waals surface area contributed by atoms with Gasteiger partial charge in [0.1, 0.15) is 0 Å². The lowest BCUT2D eigenvalue weighted by molar-refractivity contribution is 0.602. The van der Waals surface area contributed by atoms with Gasteiger partial charge in [0.15, 0.2) is 15.8 Å². The van der Waals surface area contributed by atoms with E-state index in [1.165, 1.54) is 11.8 Å². The second kappa shape index (κ2) is 12.8. The molecule has 0 heterocycles. The number of benzene rings is 2. The number of halogens is 1. The van der Waals surface area contributed by atoms with E-state index in [4.69, 9.17) is 0 Å². The number of hydrogen-bond donors (Lipinski definition) is 2. The maximum absolute atomic E-state index is 11.5. The molecule has 0 aliphatic heterocycles. The highest BCUT2D eigenvalue weighted by Crippen LogP contribution is 2.10. The van der Waals surface area contributed by atoms with E-state index in [9.17, 15) is 8.42 Å². The minimum Gasteiger partial charge on any atom is -0.357 e. The zero-order valence-electron chi connectivity index (χ0n) is 16.5. The van der Waals surface area contributed by atoms with E-state index >= 15 is 0 Å². The van der Waals surface area contributed by atoms with Crippen LogP contribution in [0.25, 0.3) is 0 Å². The van der Waals surface area contributed by atoms with E-state index in [1.807, 2.05) is 25.1 Å². The van der Waals surface area contributed by atoms with Crippen LogP contribution < -0.4 is 10.6 Å². The van der Waals surface area contributed by atoms with Crippen molar-refractivity contribution in [3.05, 3.63) is 65.7 Å². The van der Waals surface area contributed by atoms with Crippen LogP contribution in [0.3, 0.4) is 0 Å². The van der Waals surface area contributed by atoms with Crippen molar-refractivity contribution < 1.29 is 8.42 Å². The molecule has 0 aliphatic carbocycles. The van der Waals surface area contributed by atoms with E-state index in [2.05, 4.69) is 39.9 Å². The Morgan fingerprint density at radius 3 is 2.18 bits per heavy atom. The van der Waals surface area contributed by atoms with Gasteiger partial charge in [0.05, 0.1) is 4.90 Å². The second-order valence-electron chi connectivity index (χ2n) is 6.44. The monoisotopic (exact) mass is 515 g/mol. The molecule has 0 saturated heterocycles. The summed E-state index contributed by atoms with van der Waals surface area (Å²) in [6, 6.07) is 17.5. The highest BCUT2D eigenvalue weighted by Gasteiger charge is 2.06. The molecular formula is C21H30IN3O2S. The maximum Gasteiger partial charge on any atom is 0.191 e. The number of sulfone groups is 1. The van der Waals surface area contributed by atoms with Gasteiger partial charge in [0.25, 0.3) is 0 Å². The molecule has 0 amide bonds. The summed E-state index contributed by atoms with van der Waals surface area (Å²) < 4.78 is 23.0. The van der Waals surface area contributed by atoms with Crippen LogP contribution >= 0.6 is 24.0 Å². The molecule has 2 aromatic rings. The Kier molecular flexibility index (Phi) is 11.1. The number of aryl methyl sites for hydroxylation is 1. The Morgan fingerprint density at radius 2 is 1.57 bits per heavy atom. The SMILES string of the molecule is CCNC(=NCCCc1ccccc1)NCCc1ccc(S(C)(=O)=O)cc1.I. The molecule has 0 saturated carbocycles. The standard InChI is InChI=1S/C21H29N3O2S.HI/c1-3-22-21(23-16-7-10-18-8-5-4-6-9-18)24-17-15-19-11-13-20(14-12-19)27(2,25)26;/h4-6,8-9,11-14H,3,7,10,15-17H2,1-2H3,(H2,22,23,24);1H. The molecule has 0 radical (unpaired) electrons. The second-order valence-corrected chi connectivity index (χ2v) is 8.46. The van der Waals surface area contributed by atoms with Crippen LogP contribution in [0.5, 0.6) is 0 Å². The molecule has 2 N–H and O–H groups in total. The van der Waals surface area contributed by atoms with Gasteiger partial charge in [0.2, 0.25) is 0 Å². The third kappa shape index (κ3) is 9.05. The van der Waals surface area contributed by atoms with Crippen molar-refractivity contribution in [2.45, 2.75) is 31.1 Å². The summed E-state index contributed by atoms with van der Waals surface area (Å²) in [5.74, 6) is 0.818. The third-order valence-corrected chi connectivity index (χ3v) is 5.27. The molecular weight excluding hydrogens is 485 g/mol. The van der Waals surface area contributed by atoms with Crippen molar-refractivity contribution in [1.29, 1.82) is 0 Å². The number of guanidine groups is 1. The van der Waals surface area contributed by atoms with Crippen molar-refractivity contribution in [2.24, 2.45) is 4.99 Å². The van der Waals surface area contributed by atoms with Gasteiger partial charge in [-0.05, 0) is 49.4 Å². The molecule has 2 aromatic carbocycles. The fraction of sp³-hybridized carbons (Fsp3) is 0.381. The predicted molar refractivity (Wildman–Crippen MR) is 127 cm³/mol. The summed E-state index contributed by atoms with van der Waals surface area (Å²) in [6.07, 6.45) is 4.06. The number of aliphatic imine (C=N–C) groups is 1. The summed E-state index contributed by atoms with van der Waals surface area (Å²) in [5.41, 5.74) is 2.43. The molecule has 0 unspecified atom stereocenters. The smallest absolute Gasteiger partial charge is 0.191 e. The minimum absolute atomic E-state index is 0. The van der Waals surface area contributed by atoms with E-state index in [0.717, 1.165) is 50.4 Å². The quantitative estimate of drug-likeness (QED) is 0.232. The first-order valence-corrected chi connectivity index (χ1v) is 11.2. The lowest BCUT2D eigenvalue weighted by Crippen LogP contribution is -2.38. The molecule has 0 spiro atoms. The van der Waals surface area contributed by atoms with E-state index in [0.29, 0.717) is 4.90 Å². The predicted octanol–water partition coefficient (Wildman–Crippen LogP) is 3.44. The summed E-state index contributed by atoms with van der Waals surface area (Å²) in [6.45, 7) is 4.37. The van der Waals surface area contributed by atoms with Crippen LogP contribution in [0.4, 0.5) is 0 Å². The van der Waals surface area contributed by atoms with Gasteiger partial charge in [-0.1, -0.05) is 42.5 Å². The molecule has 0 aromatic heterocycles. The number of nitrogens with zero attached hydrogens (tertiary/aromatic N) is 1. The molecule has 0 fully saturated rings. The topological polar surface area (TPSA) is 70.6 Å². The van der Waals surface area contributed by atoms with Crippen molar-refractivity contribution in [3.8, 4) is 0 Å². The van der Waals surface area contributed by atoms with Crippen LogP contribution in [0.1, 0.15) is 24.5 Å². The van der Waals surface area contributed by atoms with Gasteiger partial charge in [0, 0.05) is 25.9 Å². The molecule has 5 nitrogen and oxygen atoms in total. The van der Waals surface area contributed by atoms with E-state index in [1.54, 1.807) is 12.1 Å². The Labute approximate surface area is 186 Å². The van der Waals surface area contributed by atoms with Crippen molar-refractivity contribution >= 4 is 39.8 Å². The Hall–Kier alpha value is -1.61. The zero-order chi connectivity index (χ0) is 19.5. The van der Waals surface area contributed by atoms with Gasteiger partial charge in [-0.15, -0.1) is 24.0 Å². The minimum atomic E-state index is -3.14. The summed E-state index contributed by atoms with van der Waals surface area (Å²) in [5, 5.41) is 6.59. The van der Waals surface area contributed by atoms with Gasteiger partial charge in [-0.25, -0.2) is 8.42 Å². The van der Waals surface area contributed by atoms with Crippen molar-refractivity contribution in [3.63, 3.8) is 0 Å². The number of nitrogens with one attached hydrogen (secondary N) is 2. The zero-order valence-corrected chi connectivity index (χ0v) is 19.7. The molecule has 0 bridgehead atoms. The third-order valence-electron chi connectivity index (χ3n) is 4.14. The van der Waals surface area contributed by atoms with Crippen LogP contribution in [0.2, 0.25) is 0 Å². The van der Waals surface area contributed by atoms with E-state index in [-0.39, 0.29) is 24.0 Å². The van der Waals surface area contributed by atoms with Crippen molar-refractivity contribution in [1.82, 2.24) is 10.6 Å². The largest absolute Gasteiger partial charge is 0.357 e. The first-order chi connectivity index (χ1) is 13.0. The number of hydrogen-bond acceptors (Lipinski definition) is 3. The van der Waals surface area contributed by atoms with Gasteiger partial charge < -0.3 is 10.6 Å². The first-order valence-electron chi connectivity index (χ1n) is 9.34. The van der Waals surface area contributed by atoms with Crippen LogP contribution in [-0.2, 0) is 22.7 Å². The van der Waals surface area contributed by atoms with Crippen molar-refractivity contribution in [2.75, 3.05) is 25.9 Å². The van der Waals surface area contributed by atoms with Crippen LogP contribution in [-0.4, -0.2) is 40.3 Å². The lowest BCUT2D eigenvalue weighted by atomic mass is 10.1. The van der Waals surface area contributed by atoms with Gasteiger partial charge >= 0.3 is 0 Å². The maximum atomic E-state index is 11.5.